The fourth-order valence-electron chi connectivity index (χ4n) is 1.74. The molecular weight excluding hydrogens is 276 g/mol. The van der Waals surface area contributed by atoms with Crippen molar-refractivity contribution in [2.75, 3.05) is 11.8 Å². The Labute approximate surface area is 118 Å². The van der Waals surface area contributed by atoms with Crippen LogP contribution in [0.15, 0.2) is 43.0 Å². The van der Waals surface area contributed by atoms with E-state index in [-0.39, 0.29) is 5.75 Å². The van der Waals surface area contributed by atoms with Gasteiger partial charge in [-0.15, -0.1) is 0 Å². The molecule has 0 atom stereocenters. The van der Waals surface area contributed by atoms with E-state index in [4.69, 9.17) is 0 Å². The summed E-state index contributed by atoms with van der Waals surface area (Å²) >= 11 is 0. The lowest BCUT2D eigenvalue weighted by Crippen LogP contribution is -2.15. The van der Waals surface area contributed by atoms with Crippen molar-refractivity contribution >= 4 is 15.7 Å². The van der Waals surface area contributed by atoms with Gasteiger partial charge in [-0.25, -0.2) is 18.4 Å². The summed E-state index contributed by atoms with van der Waals surface area (Å²) in [4.78, 5) is 7.53. The molecule has 20 heavy (non-hydrogen) atoms. The van der Waals surface area contributed by atoms with Crippen molar-refractivity contribution in [3.05, 3.63) is 54.1 Å². The van der Waals surface area contributed by atoms with Crippen LogP contribution in [0.5, 0.6) is 0 Å². The lowest BCUT2D eigenvalue weighted by molar-refractivity contribution is 0.600. The van der Waals surface area contributed by atoms with Gasteiger partial charge in [-0.3, -0.25) is 4.72 Å². The first-order valence-electron chi connectivity index (χ1n) is 6.07. The van der Waals surface area contributed by atoms with Gasteiger partial charge < -0.3 is 5.32 Å². The number of nitrogens with zero attached hydrogens (tertiary/aromatic N) is 2. The zero-order valence-corrected chi connectivity index (χ0v) is 11.9. The average Bonchev–Trinajstić information content (AvgIpc) is 2.41. The normalized spacial score (nSPS) is 11.2. The summed E-state index contributed by atoms with van der Waals surface area (Å²) in [5.41, 5.74) is 2.20. The smallest absolute Gasteiger partial charge is 0.237 e. The van der Waals surface area contributed by atoms with Gasteiger partial charge in [-0.2, -0.15) is 0 Å². The van der Waals surface area contributed by atoms with Crippen LogP contribution in [0, 0.1) is 0 Å². The SMILES string of the molecule is CNCc1ccc(CS(=O)(=O)Nc2cncnc2)cc1. The molecule has 0 fully saturated rings. The van der Waals surface area contributed by atoms with Crippen LogP contribution in [0.1, 0.15) is 11.1 Å². The summed E-state index contributed by atoms with van der Waals surface area (Å²) in [5, 5.41) is 3.04. The maximum Gasteiger partial charge on any atom is 0.237 e. The van der Waals surface area contributed by atoms with Crippen molar-refractivity contribution in [2.24, 2.45) is 0 Å². The minimum Gasteiger partial charge on any atom is -0.316 e. The monoisotopic (exact) mass is 292 g/mol. The van der Waals surface area contributed by atoms with Crippen molar-refractivity contribution in [1.29, 1.82) is 0 Å². The molecule has 7 heteroatoms. The van der Waals surface area contributed by atoms with Crippen LogP contribution >= 0.6 is 0 Å². The predicted molar refractivity (Wildman–Crippen MR) is 77.5 cm³/mol. The summed E-state index contributed by atoms with van der Waals surface area (Å²) in [6.45, 7) is 0.757. The third kappa shape index (κ3) is 4.29. The number of hydrogen-bond acceptors (Lipinski definition) is 5. The van der Waals surface area contributed by atoms with Crippen LogP contribution in [0.2, 0.25) is 0 Å². The Morgan fingerprint density at radius 2 is 1.65 bits per heavy atom. The molecule has 0 aliphatic heterocycles. The van der Waals surface area contributed by atoms with Crippen LogP contribution in [0.4, 0.5) is 5.69 Å². The standard InChI is InChI=1S/C13H16N4O2S/c1-14-6-11-2-4-12(5-3-11)9-20(18,19)17-13-7-15-10-16-8-13/h2-5,7-8,10,14,17H,6,9H2,1H3. The predicted octanol–water partition coefficient (Wildman–Crippen LogP) is 1.14. The van der Waals surface area contributed by atoms with Crippen LogP contribution in [-0.4, -0.2) is 25.4 Å². The third-order valence-corrected chi connectivity index (χ3v) is 3.85. The molecule has 0 saturated carbocycles. The number of sulfonamides is 1. The van der Waals surface area contributed by atoms with Gasteiger partial charge in [0.15, 0.2) is 0 Å². The molecule has 0 aliphatic rings. The van der Waals surface area contributed by atoms with Gasteiger partial charge in [0.25, 0.3) is 0 Å². The highest BCUT2D eigenvalue weighted by Crippen LogP contribution is 2.11. The van der Waals surface area contributed by atoms with Crippen molar-refractivity contribution < 1.29 is 8.42 Å². The van der Waals surface area contributed by atoms with Crippen LogP contribution in [0.25, 0.3) is 0 Å². The number of anilines is 1. The second-order valence-electron chi connectivity index (χ2n) is 4.34. The zero-order chi connectivity index (χ0) is 14.4. The van der Waals surface area contributed by atoms with Crippen LogP contribution < -0.4 is 10.0 Å². The van der Waals surface area contributed by atoms with Crippen molar-refractivity contribution in [3.8, 4) is 0 Å². The second kappa shape index (κ2) is 6.44. The lowest BCUT2D eigenvalue weighted by atomic mass is 10.1. The van der Waals surface area contributed by atoms with E-state index in [1.54, 1.807) is 0 Å². The second-order valence-corrected chi connectivity index (χ2v) is 6.06. The molecule has 1 heterocycles. The summed E-state index contributed by atoms with van der Waals surface area (Å²) in [7, 11) is -1.59. The van der Waals surface area contributed by atoms with E-state index < -0.39 is 10.0 Å². The number of benzene rings is 1. The summed E-state index contributed by atoms with van der Waals surface area (Å²) in [5.74, 6) is -0.0816. The van der Waals surface area contributed by atoms with E-state index in [0.717, 1.165) is 17.7 Å². The van der Waals surface area contributed by atoms with E-state index >= 15 is 0 Å². The molecule has 1 aromatic carbocycles. The van der Waals surface area contributed by atoms with Gasteiger partial charge in [0.05, 0.1) is 23.8 Å². The molecule has 0 unspecified atom stereocenters. The minimum atomic E-state index is -3.46. The maximum absolute atomic E-state index is 12.0. The average molecular weight is 292 g/mol. The van der Waals surface area contributed by atoms with Gasteiger partial charge >= 0.3 is 0 Å². The molecule has 0 radical (unpaired) electrons. The van der Waals surface area contributed by atoms with Crippen LogP contribution in [0.3, 0.4) is 0 Å². The number of hydrogen-bond donors (Lipinski definition) is 2. The topological polar surface area (TPSA) is 84.0 Å². The summed E-state index contributed by atoms with van der Waals surface area (Å²) in [6, 6.07) is 7.45. The molecule has 0 spiro atoms. The Hall–Kier alpha value is -1.99. The Morgan fingerprint density at radius 1 is 1.05 bits per heavy atom. The molecule has 106 valence electrons. The van der Waals surface area contributed by atoms with Crippen LogP contribution in [-0.2, 0) is 22.3 Å². The largest absolute Gasteiger partial charge is 0.316 e. The van der Waals surface area contributed by atoms with E-state index in [1.165, 1.54) is 18.7 Å². The van der Waals surface area contributed by atoms with Crippen molar-refractivity contribution in [2.45, 2.75) is 12.3 Å². The fraction of sp³-hybridized carbons (Fsp3) is 0.231. The van der Waals surface area contributed by atoms with Gasteiger partial charge in [0.2, 0.25) is 10.0 Å². The van der Waals surface area contributed by atoms with E-state index in [2.05, 4.69) is 20.0 Å². The Morgan fingerprint density at radius 3 is 2.25 bits per heavy atom. The van der Waals surface area contributed by atoms with E-state index in [0.29, 0.717) is 5.69 Å². The first-order valence-corrected chi connectivity index (χ1v) is 7.72. The number of nitrogens with one attached hydrogen (secondary N) is 2. The molecule has 0 amide bonds. The Balaban J connectivity index is 2.04. The Kier molecular flexibility index (Phi) is 4.65. The van der Waals surface area contributed by atoms with E-state index in [1.807, 2.05) is 31.3 Å². The molecule has 0 aliphatic carbocycles. The molecule has 2 N–H and O–H groups in total. The highest BCUT2D eigenvalue weighted by molar-refractivity contribution is 7.91. The first kappa shape index (κ1) is 14.4. The summed E-state index contributed by atoms with van der Waals surface area (Å²) < 4.78 is 26.4. The highest BCUT2D eigenvalue weighted by Gasteiger charge is 2.11. The fourth-order valence-corrected chi connectivity index (χ4v) is 2.91. The number of aromatic nitrogens is 2. The molecule has 2 aromatic rings. The molecule has 6 nitrogen and oxygen atoms in total. The minimum absolute atomic E-state index is 0.0816. The molecule has 0 bridgehead atoms. The van der Waals surface area contributed by atoms with Gasteiger partial charge in [0.1, 0.15) is 6.33 Å². The molecule has 1 aromatic heterocycles. The third-order valence-electron chi connectivity index (χ3n) is 2.59. The zero-order valence-electron chi connectivity index (χ0n) is 11.1. The lowest BCUT2D eigenvalue weighted by Gasteiger charge is -2.08. The molecule has 0 saturated heterocycles. The molecule has 2 rings (SSSR count). The number of rotatable bonds is 6. The Bertz CT molecular complexity index is 642. The van der Waals surface area contributed by atoms with Gasteiger partial charge in [0, 0.05) is 6.54 Å². The van der Waals surface area contributed by atoms with E-state index in [9.17, 15) is 8.42 Å². The quantitative estimate of drug-likeness (QED) is 0.834. The first-order chi connectivity index (χ1) is 9.59. The van der Waals surface area contributed by atoms with Crippen molar-refractivity contribution in [3.63, 3.8) is 0 Å². The van der Waals surface area contributed by atoms with Crippen molar-refractivity contribution in [1.82, 2.24) is 15.3 Å². The van der Waals surface area contributed by atoms with Gasteiger partial charge in [-0.05, 0) is 18.2 Å². The highest BCUT2D eigenvalue weighted by atomic mass is 32.2. The molecular formula is C13H16N4O2S. The maximum atomic E-state index is 12.0. The van der Waals surface area contributed by atoms with Gasteiger partial charge in [-0.1, -0.05) is 24.3 Å². The summed E-state index contributed by atoms with van der Waals surface area (Å²) in [6.07, 6.45) is 4.18.